The molecule has 4 rings (SSSR count). The molecule has 0 saturated heterocycles. The smallest absolute Gasteiger partial charge is 0.181 e. The maximum atomic E-state index is 5.23. The van der Waals surface area contributed by atoms with Gasteiger partial charge in [-0.2, -0.15) is 5.10 Å². The van der Waals surface area contributed by atoms with E-state index in [0.29, 0.717) is 6.04 Å². The van der Waals surface area contributed by atoms with Crippen LogP contribution in [0, 0.1) is 6.92 Å². The molecule has 1 aliphatic carbocycles. The molecule has 1 saturated carbocycles. The van der Waals surface area contributed by atoms with E-state index in [1.54, 1.807) is 7.11 Å². The topological polar surface area (TPSA) is 39.9 Å². The van der Waals surface area contributed by atoms with Crippen LogP contribution in [0.15, 0.2) is 46.9 Å². The minimum atomic E-state index is 0.498. The van der Waals surface area contributed by atoms with Gasteiger partial charge in [-0.15, -0.1) is 0 Å². The molecule has 0 N–H and O–H groups in total. The summed E-state index contributed by atoms with van der Waals surface area (Å²) in [6.45, 7) is 2.11. The van der Waals surface area contributed by atoms with Crippen LogP contribution in [-0.4, -0.2) is 21.9 Å². The van der Waals surface area contributed by atoms with Crippen molar-refractivity contribution < 1.29 is 4.74 Å². The first kappa shape index (κ1) is 16.3. The zero-order valence-corrected chi connectivity index (χ0v) is 16.0. The summed E-state index contributed by atoms with van der Waals surface area (Å²) in [5.41, 5.74) is 3.51. The van der Waals surface area contributed by atoms with Gasteiger partial charge in [-0.3, -0.25) is 0 Å². The number of hydrogen-bond acceptors (Lipinski definition) is 3. The molecule has 0 amide bonds. The summed E-state index contributed by atoms with van der Waals surface area (Å²) in [5.74, 6) is 2.65. The number of aromatic nitrogens is 3. The predicted octanol–water partition coefficient (Wildman–Crippen LogP) is 4.95. The molecular weight excluding hydrogens is 378 g/mol. The summed E-state index contributed by atoms with van der Waals surface area (Å²) in [7, 11) is 1.67. The van der Waals surface area contributed by atoms with Gasteiger partial charge in [0.05, 0.1) is 13.2 Å². The maximum absolute atomic E-state index is 5.23. The number of aryl methyl sites for hydroxylation is 1. The first-order valence-corrected chi connectivity index (χ1v) is 9.29. The van der Waals surface area contributed by atoms with Gasteiger partial charge in [0.1, 0.15) is 11.6 Å². The van der Waals surface area contributed by atoms with E-state index in [1.165, 1.54) is 24.0 Å². The largest absolute Gasteiger partial charge is 0.497 e. The number of hydrogen-bond donors (Lipinski definition) is 0. The van der Waals surface area contributed by atoms with Crippen LogP contribution in [-0.2, 0) is 6.42 Å². The standard InChI is InChI=1S/C20H20BrN3O/c1-13-4-3-5-15(19(13)21)12-18-22-20(23-24(18)16-8-9-16)14-6-10-17(25-2)11-7-14/h3-7,10-11,16H,8-9,12H2,1-2H3. The molecule has 2 aromatic carbocycles. The number of halogens is 1. The zero-order chi connectivity index (χ0) is 17.4. The number of methoxy groups -OCH3 is 1. The molecule has 1 aliphatic rings. The fourth-order valence-electron chi connectivity index (χ4n) is 2.97. The molecule has 0 spiro atoms. The zero-order valence-electron chi connectivity index (χ0n) is 14.4. The monoisotopic (exact) mass is 397 g/mol. The van der Waals surface area contributed by atoms with Crippen LogP contribution < -0.4 is 4.74 Å². The lowest BCUT2D eigenvalue weighted by molar-refractivity contribution is 0.415. The van der Waals surface area contributed by atoms with E-state index in [2.05, 4.69) is 45.7 Å². The molecule has 1 aromatic heterocycles. The Bertz CT molecular complexity index is 898. The van der Waals surface area contributed by atoms with Crippen LogP contribution in [0.3, 0.4) is 0 Å². The first-order chi connectivity index (χ1) is 12.2. The Morgan fingerprint density at radius 3 is 2.60 bits per heavy atom. The fourth-order valence-corrected chi connectivity index (χ4v) is 3.37. The Morgan fingerprint density at radius 1 is 1.16 bits per heavy atom. The van der Waals surface area contributed by atoms with E-state index in [-0.39, 0.29) is 0 Å². The van der Waals surface area contributed by atoms with Crippen molar-refractivity contribution in [2.75, 3.05) is 7.11 Å². The average molecular weight is 398 g/mol. The van der Waals surface area contributed by atoms with Gasteiger partial charge in [-0.05, 0) is 55.2 Å². The average Bonchev–Trinajstić information content (AvgIpc) is 3.39. The minimum Gasteiger partial charge on any atom is -0.497 e. The molecule has 3 aromatic rings. The van der Waals surface area contributed by atoms with Crippen LogP contribution in [0.5, 0.6) is 5.75 Å². The van der Waals surface area contributed by atoms with Gasteiger partial charge < -0.3 is 4.74 Å². The quantitative estimate of drug-likeness (QED) is 0.611. The second-order valence-electron chi connectivity index (χ2n) is 6.48. The SMILES string of the molecule is COc1ccc(-c2nc(Cc3cccc(C)c3Br)n(C3CC3)n2)cc1. The highest BCUT2D eigenvalue weighted by Crippen LogP contribution is 2.36. The molecule has 128 valence electrons. The summed E-state index contributed by atoms with van der Waals surface area (Å²) < 4.78 is 8.51. The Kier molecular flexibility index (Phi) is 4.34. The van der Waals surface area contributed by atoms with Crippen molar-refractivity contribution in [1.82, 2.24) is 14.8 Å². The molecule has 0 aliphatic heterocycles. The van der Waals surface area contributed by atoms with Crippen LogP contribution >= 0.6 is 15.9 Å². The van der Waals surface area contributed by atoms with Crippen molar-refractivity contribution in [2.45, 2.75) is 32.2 Å². The Hall–Kier alpha value is -2.14. The Balaban J connectivity index is 1.69. The van der Waals surface area contributed by atoms with Crippen LogP contribution in [0.2, 0.25) is 0 Å². The van der Waals surface area contributed by atoms with Crippen molar-refractivity contribution >= 4 is 15.9 Å². The molecule has 0 radical (unpaired) electrons. The molecule has 4 nitrogen and oxygen atoms in total. The third kappa shape index (κ3) is 3.33. The molecule has 0 atom stereocenters. The summed E-state index contributed by atoms with van der Waals surface area (Å²) in [6, 6.07) is 14.8. The normalized spacial score (nSPS) is 13.9. The van der Waals surface area contributed by atoms with Gasteiger partial charge in [-0.1, -0.05) is 34.1 Å². The number of benzene rings is 2. The summed E-state index contributed by atoms with van der Waals surface area (Å²) >= 11 is 3.71. The molecule has 0 unspecified atom stereocenters. The van der Waals surface area contributed by atoms with Crippen molar-refractivity contribution in [2.24, 2.45) is 0 Å². The van der Waals surface area contributed by atoms with E-state index >= 15 is 0 Å². The minimum absolute atomic E-state index is 0.498. The third-order valence-corrected chi connectivity index (χ3v) is 5.70. The molecule has 0 bridgehead atoms. The molecule has 1 heterocycles. The van der Waals surface area contributed by atoms with E-state index in [4.69, 9.17) is 14.8 Å². The number of ether oxygens (including phenoxy) is 1. The highest BCUT2D eigenvalue weighted by Gasteiger charge is 2.28. The van der Waals surface area contributed by atoms with E-state index in [9.17, 15) is 0 Å². The Labute approximate surface area is 156 Å². The lowest BCUT2D eigenvalue weighted by Gasteiger charge is -2.07. The highest BCUT2D eigenvalue weighted by atomic mass is 79.9. The lowest BCUT2D eigenvalue weighted by Crippen LogP contribution is -2.04. The van der Waals surface area contributed by atoms with Crippen molar-refractivity contribution in [3.8, 4) is 17.1 Å². The van der Waals surface area contributed by atoms with Gasteiger partial charge in [-0.25, -0.2) is 9.67 Å². The fraction of sp³-hybridized carbons (Fsp3) is 0.300. The lowest BCUT2D eigenvalue weighted by atomic mass is 10.1. The van der Waals surface area contributed by atoms with Gasteiger partial charge in [0.2, 0.25) is 0 Å². The Morgan fingerprint density at radius 2 is 1.92 bits per heavy atom. The maximum Gasteiger partial charge on any atom is 0.181 e. The molecular formula is C20H20BrN3O. The summed E-state index contributed by atoms with van der Waals surface area (Å²) in [4.78, 5) is 4.85. The van der Waals surface area contributed by atoms with Crippen LogP contribution in [0.25, 0.3) is 11.4 Å². The third-order valence-electron chi connectivity index (χ3n) is 4.56. The summed E-state index contributed by atoms with van der Waals surface area (Å²) in [5, 5.41) is 4.80. The second-order valence-corrected chi connectivity index (χ2v) is 7.27. The number of nitrogens with zero attached hydrogens (tertiary/aromatic N) is 3. The van der Waals surface area contributed by atoms with Gasteiger partial charge in [0, 0.05) is 16.5 Å². The summed E-state index contributed by atoms with van der Waals surface area (Å²) in [6.07, 6.45) is 3.16. The van der Waals surface area contributed by atoms with Crippen molar-refractivity contribution in [3.05, 3.63) is 63.9 Å². The van der Waals surface area contributed by atoms with Gasteiger partial charge >= 0.3 is 0 Å². The van der Waals surface area contributed by atoms with Crippen molar-refractivity contribution in [3.63, 3.8) is 0 Å². The molecule has 5 heteroatoms. The second kappa shape index (κ2) is 6.64. The van der Waals surface area contributed by atoms with E-state index in [1.807, 2.05) is 24.3 Å². The number of rotatable bonds is 5. The predicted molar refractivity (Wildman–Crippen MR) is 102 cm³/mol. The van der Waals surface area contributed by atoms with Gasteiger partial charge in [0.25, 0.3) is 0 Å². The van der Waals surface area contributed by atoms with Gasteiger partial charge in [0.15, 0.2) is 5.82 Å². The van der Waals surface area contributed by atoms with Crippen molar-refractivity contribution in [1.29, 1.82) is 0 Å². The first-order valence-electron chi connectivity index (χ1n) is 8.49. The van der Waals surface area contributed by atoms with Crippen LogP contribution in [0.4, 0.5) is 0 Å². The highest BCUT2D eigenvalue weighted by molar-refractivity contribution is 9.10. The van der Waals surface area contributed by atoms with E-state index in [0.717, 1.165) is 33.9 Å². The van der Waals surface area contributed by atoms with E-state index < -0.39 is 0 Å². The molecule has 25 heavy (non-hydrogen) atoms. The molecule has 1 fully saturated rings. The van der Waals surface area contributed by atoms with Crippen LogP contribution in [0.1, 0.15) is 35.8 Å².